The van der Waals surface area contributed by atoms with Crippen molar-refractivity contribution in [1.82, 2.24) is 34.9 Å². The average Bonchev–Trinajstić information content (AvgIpc) is 3.82. The van der Waals surface area contributed by atoms with Gasteiger partial charge in [-0.2, -0.15) is 5.10 Å². The summed E-state index contributed by atoms with van der Waals surface area (Å²) in [6, 6.07) is 27.9. The standard InChI is InChI=1S/C25H23N7.C10H12.2H2/c1-16-5-4-8-21(29-16)25-24(19-9-10-23-27-15-28-32(23)14-19)30-22(31-25)13-26-20-11-17-6-2-3-7-18(17)12-20;1-8-6-7-9-4-2-3-5-10(8)9;;/h2-10,14-15,20,26H,11-13H2,1H3,(H,30,31);2-5,8H,6-7H2,1H3;2*1H. The lowest BCUT2D eigenvalue weighted by Crippen LogP contribution is -2.29. The highest BCUT2D eigenvalue weighted by Gasteiger charge is 2.22. The Kier molecular flexibility index (Phi) is 7.10. The Morgan fingerprint density at radius 1 is 0.905 bits per heavy atom. The maximum Gasteiger partial charge on any atom is 0.155 e. The summed E-state index contributed by atoms with van der Waals surface area (Å²) in [7, 11) is 0. The van der Waals surface area contributed by atoms with Crippen molar-refractivity contribution in [2.75, 3.05) is 0 Å². The number of benzene rings is 2. The number of aromatic nitrogens is 6. The summed E-state index contributed by atoms with van der Waals surface area (Å²) in [4.78, 5) is 17.5. The number of aryl methyl sites for hydroxylation is 2. The van der Waals surface area contributed by atoms with Crippen LogP contribution >= 0.6 is 0 Å². The van der Waals surface area contributed by atoms with Gasteiger partial charge in [-0.1, -0.05) is 61.5 Å². The number of imidazole rings is 1. The zero-order chi connectivity index (χ0) is 28.5. The predicted molar refractivity (Wildman–Crippen MR) is 170 cm³/mol. The van der Waals surface area contributed by atoms with Crippen molar-refractivity contribution in [2.24, 2.45) is 0 Å². The normalized spacial score (nSPS) is 15.8. The minimum atomic E-state index is 0. The van der Waals surface area contributed by atoms with Gasteiger partial charge in [-0.25, -0.2) is 14.5 Å². The molecule has 0 saturated carbocycles. The molecule has 1 atom stereocenters. The van der Waals surface area contributed by atoms with Gasteiger partial charge >= 0.3 is 0 Å². The Bertz CT molecular complexity index is 1840. The number of nitrogens with zero attached hydrogens (tertiary/aromatic N) is 5. The molecule has 0 radical (unpaired) electrons. The topological polar surface area (TPSA) is 83.8 Å². The van der Waals surface area contributed by atoms with Crippen LogP contribution in [-0.4, -0.2) is 35.6 Å². The van der Waals surface area contributed by atoms with E-state index in [1.165, 1.54) is 24.0 Å². The zero-order valence-electron chi connectivity index (χ0n) is 24.1. The molecule has 6 aromatic rings. The molecule has 2 aliphatic carbocycles. The molecule has 0 amide bonds. The molecule has 0 bridgehead atoms. The van der Waals surface area contributed by atoms with Gasteiger partial charge in [0.1, 0.15) is 12.2 Å². The molecule has 0 aliphatic heterocycles. The number of hydrogen-bond acceptors (Lipinski definition) is 5. The zero-order valence-corrected chi connectivity index (χ0v) is 24.1. The fraction of sp³-hybridized carbons (Fsp3) is 0.257. The van der Waals surface area contributed by atoms with E-state index in [-0.39, 0.29) is 2.85 Å². The lowest BCUT2D eigenvalue weighted by Gasteiger charge is -2.10. The van der Waals surface area contributed by atoms with Crippen LogP contribution in [0.25, 0.3) is 28.3 Å². The van der Waals surface area contributed by atoms with Gasteiger partial charge in [0.25, 0.3) is 0 Å². The number of H-pyrrole nitrogens is 1. The molecule has 42 heavy (non-hydrogen) atoms. The van der Waals surface area contributed by atoms with Crippen molar-refractivity contribution >= 4 is 5.65 Å². The third-order valence-electron chi connectivity index (χ3n) is 8.49. The second-order valence-corrected chi connectivity index (χ2v) is 11.4. The van der Waals surface area contributed by atoms with Crippen LogP contribution in [0.15, 0.2) is 91.4 Å². The highest BCUT2D eigenvalue weighted by Crippen LogP contribution is 2.32. The largest absolute Gasteiger partial charge is 0.339 e. The molecule has 7 nitrogen and oxygen atoms in total. The summed E-state index contributed by atoms with van der Waals surface area (Å²) in [6.45, 7) is 4.98. The van der Waals surface area contributed by atoms with Crippen LogP contribution in [-0.2, 0) is 25.8 Å². The van der Waals surface area contributed by atoms with Gasteiger partial charge in [-0.3, -0.25) is 4.98 Å². The summed E-state index contributed by atoms with van der Waals surface area (Å²) >= 11 is 0. The molecular formula is C35H39N7. The van der Waals surface area contributed by atoms with Crippen molar-refractivity contribution in [3.8, 4) is 22.6 Å². The summed E-state index contributed by atoms with van der Waals surface area (Å²) in [5.41, 5.74) is 11.4. The second-order valence-electron chi connectivity index (χ2n) is 11.4. The fourth-order valence-electron chi connectivity index (χ4n) is 6.25. The summed E-state index contributed by atoms with van der Waals surface area (Å²) in [5.74, 6) is 1.70. The van der Waals surface area contributed by atoms with Gasteiger partial charge in [-0.15, -0.1) is 0 Å². The molecule has 1 unspecified atom stereocenters. The van der Waals surface area contributed by atoms with E-state index < -0.39 is 0 Å². The molecule has 0 fully saturated rings. The maximum atomic E-state index is 4.97. The molecule has 2 aliphatic rings. The number of nitrogens with one attached hydrogen (secondary N) is 2. The van der Waals surface area contributed by atoms with Crippen LogP contribution in [0.5, 0.6) is 0 Å². The SMILES string of the molecule is CC1CCc2ccccc21.Cc1cccc(-c2[nH]c(CNC3Cc4ccccc4C3)nc2-c2ccc3ncnn3c2)n1.[HH].[HH]. The van der Waals surface area contributed by atoms with Gasteiger partial charge in [-0.05, 0) is 85.0 Å². The summed E-state index contributed by atoms with van der Waals surface area (Å²) in [6.07, 6.45) is 8.26. The van der Waals surface area contributed by atoms with Crippen LogP contribution < -0.4 is 5.32 Å². The first kappa shape index (κ1) is 26.3. The highest BCUT2D eigenvalue weighted by molar-refractivity contribution is 5.77. The van der Waals surface area contributed by atoms with Gasteiger partial charge < -0.3 is 10.3 Å². The van der Waals surface area contributed by atoms with Crippen molar-refractivity contribution in [1.29, 1.82) is 0 Å². The lowest BCUT2D eigenvalue weighted by atomic mass is 10.0. The predicted octanol–water partition coefficient (Wildman–Crippen LogP) is 6.98. The Hall–Kier alpha value is -4.62. The van der Waals surface area contributed by atoms with Crippen molar-refractivity contribution < 1.29 is 2.85 Å². The molecule has 4 aromatic heterocycles. The Balaban J connectivity index is 0.000000273. The second kappa shape index (κ2) is 11.3. The van der Waals surface area contributed by atoms with Gasteiger partial charge in [0.2, 0.25) is 0 Å². The summed E-state index contributed by atoms with van der Waals surface area (Å²) in [5, 5.41) is 7.96. The van der Waals surface area contributed by atoms with E-state index >= 15 is 0 Å². The third kappa shape index (κ3) is 5.35. The van der Waals surface area contributed by atoms with Gasteiger partial charge in [0.15, 0.2) is 5.65 Å². The van der Waals surface area contributed by atoms with E-state index in [4.69, 9.17) is 9.97 Å². The highest BCUT2D eigenvalue weighted by atomic mass is 15.3. The third-order valence-corrected chi connectivity index (χ3v) is 8.49. The molecular weight excluding hydrogens is 518 g/mol. The minimum absolute atomic E-state index is 0. The number of fused-ring (bicyclic) bond motifs is 3. The number of aromatic amines is 1. The van der Waals surface area contributed by atoms with Crippen LogP contribution in [0, 0.1) is 6.92 Å². The quantitative estimate of drug-likeness (QED) is 0.239. The summed E-state index contributed by atoms with van der Waals surface area (Å²) < 4.78 is 1.77. The van der Waals surface area contributed by atoms with Gasteiger partial charge in [0.05, 0.1) is 23.6 Å². The van der Waals surface area contributed by atoms with E-state index in [1.807, 2.05) is 43.5 Å². The maximum absolute atomic E-state index is 4.97. The van der Waals surface area contributed by atoms with Crippen LogP contribution in [0.1, 0.15) is 55.9 Å². The minimum Gasteiger partial charge on any atom is -0.339 e. The van der Waals surface area contributed by atoms with E-state index in [0.29, 0.717) is 12.6 Å². The van der Waals surface area contributed by atoms with Crippen LogP contribution in [0.3, 0.4) is 0 Å². The first-order valence-electron chi connectivity index (χ1n) is 14.8. The molecule has 4 heterocycles. The molecule has 7 heteroatoms. The number of pyridine rings is 2. The van der Waals surface area contributed by atoms with E-state index in [1.54, 1.807) is 22.0 Å². The van der Waals surface area contributed by atoms with Crippen LogP contribution in [0.2, 0.25) is 0 Å². The number of rotatable bonds is 5. The molecule has 0 spiro atoms. The molecule has 2 N–H and O–H groups in total. The Morgan fingerprint density at radius 2 is 1.69 bits per heavy atom. The molecule has 214 valence electrons. The first-order chi connectivity index (χ1) is 20.6. The van der Waals surface area contributed by atoms with E-state index in [2.05, 4.69) is 75.8 Å². The van der Waals surface area contributed by atoms with Crippen molar-refractivity contribution in [3.63, 3.8) is 0 Å². The lowest BCUT2D eigenvalue weighted by molar-refractivity contribution is 0.523. The molecule has 8 rings (SSSR count). The monoisotopic (exact) mass is 557 g/mol. The van der Waals surface area contributed by atoms with E-state index in [0.717, 1.165) is 58.6 Å². The fourth-order valence-corrected chi connectivity index (χ4v) is 6.25. The molecule has 0 saturated heterocycles. The average molecular weight is 558 g/mol. The first-order valence-corrected chi connectivity index (χ1v) is 14.8. The Morgan fingerprint density at radius 3 is 2.48 bits per heavy atom. The van der Waals surface area contributed by atoms with Crippen molar-refractivity contribution in [2.45, 2.75) is 58.0 Å². The van der Waals surface area contributed by atoms with Crippen LogP contribution in [0.4, 0.5) is 0 Å². The molecule has 2 aromatic carbocycles. The van der Waals surface area contributed by atoms with Crippen molar-refractivity contribution in [3.05, 3.63) is 125 Å². The smallest absolute Gasteiger partial charge is 0.155 e. The Labute approximate surface area is 249 Å². The number of hydrogen-bond donors (Lipinski definition) is 2. The van der Waals surface area contributed by atoms with Gasteiger partial charge in [0, 0.05) is 26.3 Å². The van der Waals surface area contributed by atoms with E-state index in [9.17, 15) is 0 Å².